The Morgan fingerprint density at radius 1 is 1.38 bits per heavy atom. The van der Waals surface area contributed by atoms with Crippen LogP contribution in [-0.4, -0.2) is 11.5 Å². The zero-order valence-corrected chi connectivity index (χ0v) is 10.1. The summed E-state index contributed by atoms with van der Waals surface area (Å²) in [7, 11) is 0. The van der Waals surface area contributed by atoms with Gasteiger partial charge in [-0.3, -0.25) is 0 Å². The van der Waals surface area contributed by atoms with Crippen LogP contribution in [0.3, 0.4) is 0 Å². The van der Waals surface area contributed by atoms with Gasteiger partial charge < -0.3 is 9.73 Å². The smallest absolute Gasteiger partial charge is 0.198 e. The predicted octanol–water partition coefficient (Wildman–Crippen LogP) is 3.06. The summed E-state index contributed by atoms with van der Waals surface area (Å²) in [4.78, 5) is 4.45. The van der Waals surface area contributed by atoms with Crippen molar-refractivity contribution in [3.63, 3.8) is 0 Å². The van der Waals surface area contributed by atoms with Gasteiger partial charge in [0.2, 0.25) is 0 Å². The molecule has 16 heavy (non-hydrogen) atoms. The second-order valence-corrected chi connectivity index (χ2v) is 4.29. The van der Waals surface area contributed by atoms with Gasteiger partial charge in [-0.25, -0.2) is 4.98 Å². The molecular weight excluding hydrogens is 200 g/mol. The Bertz CT molecular complexity index is 474. The van der Waals surface area contributed by atoms with Crippen LogP contribution in [0.15, 0.2) is 22.6 Å². The molecule has 0 spiro atoms. The van der Waals surface area contributed by atoms with Gasteiger partial charge in [-0.15, -0.1) is 0 Å². The van der Waals surface area contributed by atoms with E-state index in [0.29, 0.717) is 5.92 Å². The molecule has 0 radical (unpaired) electrons. The molecular formula is C13H18N2O. The first-order valence-corrected chi connectivity index (χ1v) is 5.80. The fraction of sp³-hybridized carbons (Fsp3) is 0.462. The lowest BCUT2D eigenvalue weighted by atomic mass is 10.2. The quantitative estimate of drug-likeness (QED) is 0.857. The Hall–Kier alpha value is -1.35. The van der Waals surface area contributed by atoms with Gasteiger partial charge in [0.1, 0.15) is 5.52 Å². The van der Waals surface area contributed by atoms with Crippen molar-refractivity contribution in [3.05, 3.63) is 29.7 Å². The molecule has 2 rings (SSSR count). The molecule has 0 fully saturated rings. The molecule has 0 saturated carbocycles. The summed E-state index contributed by atoms with van der Waals surface area (Å²) in [5.74, 6) is 1.15. The predicted molar refractivity (Wildman–Crippen MR) is 65.5 cm³/mol. The third kappa shape index (κ3) is 2.25. The van der Waals surface area contributed by atoms with Crippen LogP contribution in [0.4, 0.5) is 0 Å². The second kappa shape index (κ2) is 4.66. The second-order valence-electron chi connectivity index (χ2n) is 4.29. The van der Waals surface area contributed by atoms with Crippen LogP contribution in [0.1, 0.15) is 38.1 Å². The van der Waals surface area contributed by atoms with E-state index in [4.69, 9.17) is 4.42 Å². The van der Waals surface area contributed by atoms with Crippen molar-refractivity contribution in [2.45, 2.75) is 33.2 Å². The lowest BCUT2D eigenvalue weighted by molar-refractivity contribution is 0.501. The van der Waals surface area contributed by atoms with E-state index in [0.717, 1.165) is 30.1 Å². The molecule has 0 amide bonds. The van der Waals surface area contributed by atoms with E-state index >= 15 is 0 Å². The Kier molecular flexibility index (Phi) is 3.25. The number of nitrogens with one attached hydrogen (secondary N) is 1. The van der Waals surface area contributed by atoms with Crippen LogP contribution in [-0.2, 0) is 6.54 Å². The molecule has 0 atom stereocenters. The van der Waals surface area contributed by atoms with Crippen molar-refractivity contribution in [3.8, 4) is 0 Å². The lowest BCUT2D eigenvalue weighted by Gasteiger charge is -2.00. The monoisotopic (exact) mass is 218 g/mol. The highest BCUT2D eigenvalue weighted by molar-refractivity contribution is 5.73. The van der Waals surface area contributed by atoms with E-state index in [1.807, 2.05) is 6.07 Å². The van der Waals surface area contributed by atoms with Crippen LogP contribution in [0.5, 0.6) is 0 Å². The lowest BCUT2D eigenvalue weighted by Crippen LogP contribution is -2.11. The summed E-state index contributed by atoms with van der Waals surface area (Å²) in [5.41, 5.74) is 3.07. The van der Waals surface area contributed by atoms with Crippen LogP contribution in [0, 0.1) is 0 Å². The minimum atomic E-state index is 0.338. The van der Waals surface area contributed by atoms with Gasteiger partial charge in [0, 0.05) is 12.5 Å². The Morgan fingerprint density at radius 2 is 2.19 bits per heavy atom. The van der Waals surface area contributed by atoms with E-state index in [1.165, 1.54) is 5.56 Å². The van der Waals surface area contributed by atoms with Crippen molar-refractivity contribution in [1.82, 2.24) is 10.3 Å². The minimum absolute atomic E-state index is 0.338. The summed E-state index contributed by atoms with van der Waals surface area (Å²) in [6.07, 6.45) is 0. The largest absolute Gasteiger partial charge is 0.440 e. The van der Waals surface area contributed by atoms with E-state index < -0.39 is 0 Å². The van der Waals surface area contributed by atoms with Crippen LogP contribution in [0.2, 0.25) is 0 Å². The van der Waals surface area contributed by atoms with Gasteiger partial charge >= 0.3 is 0 Å². The first-order chi connectivity index (χ1) is 7.70. The number of nitrogens with zero attached hydrogens (tertiary/aromatic N) is 1. The van der Waals surface area contributed by atoms with Crippen molar-refractivity contribution < 1.29 is 4.42 Å². The summed E-state index contributed by atoms with van der Waals surface area (Å²) in [6, 6.07) is 6.19. The Labute approximate surface area is 95.9 Å². The zero-order valence-electron chi connectivity index (χ0n) is 10.1. The molecule has 0 unspecified atom stereocenters. The first-order valence-electron chi connectivity index (χ1n) is 5.80. The molecule has 0 aliphatic rings. The third-order valence-corrected chi connectivity index (χ3v) is 2.54. The Morgan fingerprint density at radius 3 is 2.88 bits per heavy atom. The minimum Gasteiger partial charge on any atom is -0.440 e. The van der Waals surface area contributed by atoms with Gasteiger partial charge in [0.05, 0.1) is 0 Å². The fourth-order valence-corrected chi connectivity index (χ4v) is 1.61. The highest BCUT2D eigenvalue weighted by Gasteiger charge is 2.09. The standard InChI is InChI=1S/C13H18N2O/c1-4-14-8-10-5-6-11-12(7-10)16-13(15-11)9(2)3/h5-7,9,14H,4,8H2,1-3H3. The molecule has 1 aromatic heterocycles. The molecule has 1 heterocycles. The molecule has 0 aliphatic heterocycles. The summed E-state index contributed by atoms with van der Waals surface area (Å²) < 4.78 is 5.71. The van der Waals surface area contributed by atoms with Crippen LogP contribution in [0.25, 0.3) is 11.1 Å². The summed E-state index contributed by atoms with van der Waals surface area (Å²) in [5, 5.41) is 3.30. The highest BCUT2D eigenvalue weighted by atomic mass is 16.3. The van der Waals surface area contributed by atoms with Crippen molar-refractivity contribution in [2.75, 3.05) is 6.54 Å². The molecule has 3 heteroatoms. The van der Waals surface area contributed by atoms with E-state index in [2.05, 4.69) is 43.2 Å². The average Bonchev–Trinajstić information content (AvgIpc) is 2.69. The van der Waals surface area contributed by atoms with Gasteiger partial charge in [0.25, 0.3) is 0 Å². The first kappa shape index (κ1) is 11.1. The highest BCUT2D eigenvalue weighted by Crippen LogP contribution is 2.21. The maximum absolute atomic E-state index is 5.71. The zero-order chi connectivity index (χ0) is 11.5. The molecule has 1 aromatic carbocycles. The normalized spacial score (nSPS) is 11.5. The van der Waals surface area contributed by atoms with Crippen LogP contribution < -0.4 is 5.32 Å². The molecule has 0 saturated heterocycles. The number of benzene rings is 1. The molecule has 86 valence electrons. The molecule has 0 aliphatic carbocycles. The van der Waals surface area contributed by atoms with Crippen molar-refractivity contribution >= 4 is 11.1 Å². The number of hydrogen-bond acceptors (Lipinski definition) is 3. The van der Waals surface area contributed by atoms with Crippen molar-refractivity contribution in [2.24, 2.45) is 0 Å². The van der Waals surface area contributed by atoms with Gasteiger partial charge in [-0.1, -0.05) is 26.8 Å². The third-order valence-electron chi connectivity index (χ3n) is 2.54. The number of oxazole rings is 1. The van der Waals surface area contributed by atoms with E-state index in [9.17, 15) is 0 Å². The summed E-state index contributed by atoms with van der Waals surface area (Å²) >= 11 is 0. The Balaban J connectivity index is 2.30. The maximum atomic E-state index is 5.71. The van der Waals surface area contributed by atoms with Gasteiger partial charge in [-0.05, 0) is 24.2 Å². The van der Waals surface area contributed by atoms with E-state index in [-0.39, 0.29) is 0 Å². The van der Waals surface area contributed by atoms with Gasteiger partial charge in [0.15, 0.2) is 11.5 Å². The maximum Gasteiger partial charge on any atom is 0.198 e. The van der Waals surface area contributed by atoms with Crippen LogP contribution >= 0.6 is 0 Å². The number of rotatable bonds is 4. The van der Waals surface area contributed by atoms with E-state index in [1.54, 1.807) is 0 Å². The van der Waals surface area contributed by atoms with Gasteiger partial charge in [-0.2, -0.15) is 0 Å². The number of fused-ring (bicyclic) bond motifs is 1. The topological polar surface area (TPSA) is 38.1 Å². The molecule has 2 aromatic rings. The number of aromatic nitrogens is 1. The summed E-state index contributed by atoms with van der Waals surface area (Å²) in [6.45, 7) is 8.13. The molecule has 1 N–H and O–H groups in total. The molecule has 0 bridgehead atoms. The fourth-order valence-electron chi connectivity index (χ4n) is 1.61. The van der Waals surface area contributed by atoms with Crippen molar-refractivity contribution in [1.29, 1.82) is 0 Å². The average molecular weight is 218 g/mol. The molecule has 3 nitrogen and oxygen atoms in total. The number of hydrogen-bond donors (Lipinski definition) is 1. The SMILES string of the molecule is CCNCc1ccc2nc(C(C)C)oc2c1.